The molecule has 1 saturated heterocycles. The molecule has 1 aromatic heterocycles. The average molecular weight is 384 g/mol. The standard InChI is InChI=1S/C22H29N3OS/c1-16-10-17(2)13-25(12-16)14-20-6-4-19(5-7-20)11-23-22(26)9-8-21-15-27-18(3)24-21/h4-9,15-17H,10-14H2,1-3H3,(H,23,26). The molecule has 1 aliphatic heterocycles. The van der Waals surface area contributed by atoms with Crippen molar-refractivity contribution in [3.8, 4) is 0 Å². The Balaban J connectivity index is 1.46. The van der Waals surface area contributed by atoms with E-state index in [9.17, 15) is 4.79 Å². The highest BCUT2D eigenvalue weighted by Crippen LogP contribution is 2.22. The molecule has 2 heterocycles. The number of hydrogen-bond donors (Lipinski definition) is 1. The quantitative estimate of drug-likeness (QED) is 0.758. The molecule has 1 amide bonds. The molecule has 0 spiro atoms. The number of amides is 1. The van der Waals surface area contributed by atoms with Gasteiger partial charge in [-0.1, -0.05) is 38.1 Å². The van der Waals surface area contributed by atoms with Crippen LogP contribution in [0.3, 0.4) is 0 Å². The first-order valence-electron chi connectivity index (χ1n) is 9.66. The highest BCUT2D eigenvalue weighted by molar-refractivity contribution is 7.09. The monoisotopic (exact) mass is 383 g/mol. The summed E-state index contributed by atoms with van der Waals surface area (Å²) in [7, 11) is 0. The molecule has 1 N–H and O–H groups in total. The molecule has 0 aliphatic carbocycles. The number of thiazole rings is 1. The summed E-state index contributed by atoms with van der Waals surface area (Å²) in [6, 6.07) is 8.58. The number of aryl methyl sites for hydroxylation is 1. The third kappa shape index (κ3) is 6.29. The first-order valence-corrected chi connectivity index (χ1v) is 10.5. The van der Waals surface area contributed by atoms with Crippen LogP contribution in [0.4, 0.5) is 0 Å². The Labute approximate surface area is 166 Å². The predicted molar refractivity (Wildman–Crippen MR) is 112 cm³/mol. The molecule has 0 saturated carbocycles. The number of carbonyl (C=O) groups is 1. The van der Waals surface area contributed by atoms with Gasteiger partial charge in [-0.25, -0.2) is 4.98 Å². The van der Waals surface area contributed by atoms with Gasteiger partial charge in [-0.3, -0.25) is 9.69 Å². The van der Waals surface area contributed by atoms with E-state index in [0.717, 1.165) is 34.6 Å². The third-order valence-corrected chi connectivity index (χ3v) is 5.67. The molecule has 3 rings (SSSR count). The van der Waals surface area contributed by atoms with Gasteiger partial charge in [0.25, 0.3) is 0 Å². The van der Waals surface area contributed by atoms with E-state index >= 15 is 0 Å². The van der Waals surface area contributed by atoms with Crippen molar-refractivity contribution in [3.05, 3.63) is 57.6 Å². The van der Waals surface area contributed by atoms with Crippen molar-refractivity contribution in [1.82, 2.24) is 15.2 Å². The Morgan fingerprint density at radius 3 is 2.52 bits per heavy atom. The first kappa shape index (κ1) is 19.8. The van der Waals surface area contributed by atoms with Crippen LogP contribution in [-0.4, -0.2) is 28.9 Å². The molecule has 1 aliphatic rings. The lowest BCUT2D eigenvalue weighted by molar-refractivity contribution is -0.116. The average Bonchev–Trinajstić information content (AvgIpc) is 3.04. The summed E-state index contributed by atoms with van der Waals surface area (Å²) in [4.78, 5) is 18.8. The van der Waals surface area contributed by atoms with Gasteiger partial charge in [0, 0.05) is 37.6 Å². The van der Waals surface area contributed by atoms with Gasteiger partial charge in [0.2, 0.25) is 5.91 Å². The van der Waals surface area contributed by atoms with Crippen LogP contribution in [0.25, 0.3) is 6.08 Å². The Morgan fingerprint density at radius 2 is 1.89 bits per heavy atom. The van der Waals surface area contributed by atoms with Crippen LogP contribution >= 0.6 is 11.3 Å². The lowest BCUT2D eigenvalue weighted by atomic mass is 9.91. The summed E-state index contributed by atoms with van der Waals surface area (Å²) in [5.74, 6) is 1.47. The predicted octanol–water partition coefficient (Wildman–Crippen LogP) is 4.26. The summed E-state index contributed by atoms with van der Waals surface area (Å²) in [6.45, 7) is 10.6. The van der Waals surface area contributed by atoms with E-state index in [0.29, 0.717) is 6.54 Å². The van der Waals surface area contributed by atoms with Crippen LogP contribution in [0.15, 0.2) is 35.7 Å². The van der Waals surface area contributed by atoms with Gasteiger partial charge < -0.3 is 5.32 Å². The van der Waals surface area contributed by atoms with Gasteiger partial charge in [-0.15, -0.1) is 11.3 Å². The molecule has 2 unspecified atom stereocenters. The maximum atomic E-state index is 12.0. The molecule has 1 aromatic carbocycles. The van der Waals surface area contributed by atoms with E-state index in [1.54, 1.807) is 23.5 Å². The van der Waals surface area contributed by atoms with E-state index in [2.05, 4.69) is 53.3 Å². The van der Waals surface area contributed by atoms with Crippen molar-refractivity contribution in [1.29, 1.82) is 0 Å². The van der Waals surface area contributed by atoms with Crippen LogP contribution in [0, 0.1) is 18.8 Å². The number of rotatable bonds is 6. The Morgan fingerprint density at radius 1 is 1.22 bits per heavy atom. The molecule has 1 fully saturated rings. The molecule has 4 nitrogen and oxygen atoms in total. The Bertz CT molecular complexity index is 771. The molecule has 0 bridgehead atoms. The number of benzene rings is 1. The minimum Gasteiger partial charge on any atom is -0.348 e. The van der Waals surface area contributed by atoms with Crippen LogP contribution in [0.2, 0.25) is 0 Å². The highest BCUT2D eigenvalue weighted by Gasteiger charge is 2.21. The molecule has 5 heteroatoms. The van der Waals surface area contributed by atoms with E-state index in [-0.39, 0.29) is 5.91 Å². The largest absolute Gasteiger partial charge is 0.348 e. The highest BCUT2D eigenvalue weighted by atomic mass is 32.1. The van der Waals surface area contributed by atoms with Gasteiger partial charge in [0.05, 0.1) is 10.7 Å². The van der Waals surface area contributed by atoms with Crippen LogP contribution in [0.1, 0.15) is 42.1 Å². The number of likely N-dealkylation sites (tertiary alicyclic amines) is 1. The molecular weight excluding hydrogens is 354 g/mol. The normalized spacial score (nSPS) is 20.9. The van der Waals surface area contributed by atoms with Crippen molar-refractivity contribution >= 4 is 23.3 Å². The second-order valence-corrected chi connectivity index (χ2v) is 8.86. The Kier molecular flexibility index (Phi) is 6.80. The smallest absolute Gasteiger partial charge is 0.244 e. The van der Waals surface area contributed by atoms with E-state index in [1.807, 2.05) is 12.3 Å². The van der Waals surface area contributed by atoms with E-state index < -0.39 is 0 Å². The maximum absolute atomic E-state index is 12.0. The van der Waals surface area contributed by atoms with Crippen LogP contribution in [0.5, 0.6) is 0 Å². The van der Waals surface area contributed by atoms with Gasteiger partial charge >= 0.3 is 0 Å². The lowest BCUT2D eigenvalue weighted by Crippen LogP contribution is -2.38. The third-order valence-electron chi connectivity index (χ3n) is 4.88. The summed E-state index contributed by atoms with van der Waals surface area (Å²) in [6.07, 6.45) is 4.63. The molecule has 144 valence electrons. The molecule has 2 aromatic rings. The Hall–Kier alpha value is -1.98. The van der Waals surface area contributed by atoms with Crippen molar-refractivity contribution in [2.45, 2.75) is 40.3 Å². The second kappa shape index (κ2) is 9.29. The number of piperidine rings is 1. The topological polar surface area (TPSA) is 45.2 Å². The van der Waals surface area contributed by atoms with Gasteiger partial charge in [-0.05, 0) is 42.4 Å². The van der Waals surface area contributed by atoms with Crippen molar-refractivity contribution < 1.29 is 4.79 Å². The van der Waals surface area contributed by atoms with Gasteiger partial charge in [-0.2, -0.15) is 0 Å². The second-order valence-electron chi connectivity index (χ2n) is 7.80. The summed E-state index contributed by atoms with van der Waals surface area (Å²) >= 11 is 1.58. The summed E-state index contributed by atoms with van der Waals surface area (Å²) in [5.41, 5.74) is 3.29. The fourth-order valence-electron chi connectivity index (χ4n) is 3.81. The summed E-state index contributed by atoms with van der Waals surface area (Å²) < 4.78 is 0. The van der Waals surface area contributed by atoms with E-state index in [1.165, 1.54) is 25.1 Å². The number of hydrogen-bond acceptors (Lipinski definition) is 4. The number of nitrogens with zero attached hydrogens (tertiary/aromatic N) is 2. The minimum absolute atomic E-state index is 0.0963. The van der Waals surface area contributed by atoms with Crippen LogP contribution in [-0.2, 0) is 17.9 Å². The zero-order chi connectivity index (χ0) is 19.2. The van der Waals surface area contributed by atoms with Gasteiger partial charge in [0.15, 0.2) is 0 Å². The fraction of sp³-hybridized carbons (Fsp3) is 0.455. The SMILES string of the molecule is Cc1nc(C=CC(=O)NCc2ccc(CN3CC(C)CC(C)C3)cc2)cs1. The number of aromatic nitrogens is 1. The number of nitrogens with one attached hydrogen (secondary N) is 1. The lowest BCUT2D eigenvalue weighted by Gasteiger charge is -2.35. The molecule has 2 atom stereocenters. The van der Waals surface area contributed by atoms with Crippen LogP contribution < -0.4 is 5.32 Å². The molecule has 27 heavy (non-hydrogen) atoms. The van der Waals surface area contributed by atoms with Crippen molar-refractivity contribution in [2.24, 2.45) is 11.8 Å². The van der Waals surface area contributed by atoms with E-state index in [4.69, 9.17) is 0 Å². The molecular formula is C22H29N3OS. The fourth-order valence-corrected chi connectivity index (χ4v) is 4.39. The van der Waals surface area contributed by atoms with Gasteiger partial charge in [0.1, 0.15) is 0 Å². The van der Waals surface area contributed by atoms with Crippen molar-refractivity contribution in [3.63, 3.8) is 0 Å². The molecule has 0 radical (unpaired) electrons. The van der Waals surface area contributed by atoms with Crippen molar-refractivity contribution in [2.75, 3.05) is 13.1 Å². The zero-order valence-corrected chi connectivity index (χ0v) is 17.3. The number of carbonyl (C=O) groups excluding carboxylic acids is 1. The summed E-state index contributed by atoms with van der Waals surface area (Å²) in [5, 5.41) is 5.88. The first-order chi connectivity index (χ1) is 13.0. The maximum Gasteiger partial charge on any atom is 0.244 e. The minimum atomic E-state index is -0.0963. The zero-order valence-electron chi connectivity index (χ0n) is 16.4.